The molecule has 29 heavy (non-hydrogen) atoms. The molecule has 0 spiro atoms. The van der Waals surface area contributed by atoms with Crippen molar-refractivity contribution in [2.24, 2.45) is 0 Å². The number of aryl methyl sites for hydroxylation is 1. The van der Waals surface area contributed by atoms with Crippen LogP contribution in [0.5, 0.6) is 17.2 Å². The maximum Gasteiger partial charge on any atom is 0.267 e. The van der Waals surface area contributed by atoms with Crippen molar-refractivity contribution in [3.63, 3.8) is 0 Å². The molecule has 0 aliphatic carbocycles. The Morgan fingerprint density at radius 1 is 1.14 bits per heavy atom. The smallest absolute Gasteiger partial charge is 0.267 e. The Balaban J connectivity index is 1.71. The van der Waals surface area contributed by atoms with Gasteiger partial charge in [-0.05, 0) is 43.7 Å². The molecule has 1 aromatic heterocycles. The highest BCUT2D eigenvalue weighted by atomic mass is 35.5. The van der Waals surface area contributed by atoms with E-state index in [4.69, 9.17) is 25.8 Å². The van der Waals surface area contributed by atoms with Gasteiger partial charge in [0.25, 0.3) is 5.91 Å². The number of aromatic amines is 1. The number of hydrogen-bond donors (Lipinski definition) is 2. The Morgan fingerprint density at radius 2 is 1.93 bits per heavy atom. The number of methoxy groups -OCH3 is 2. The highest BCUT2D eigenvalue weighted by Crippen LogP contribution is 2.31. The SMILES string of the molecule is COc1ccc(-c2nc(NC(=O)C(C)Oc3cc(C)ccc3Cl)n[nH]2)c(OC)c1. The summed E-state index contributed by atoms with van der Waals surface area (Å²) >= 11 is 6.12. The number of anilines is 1. The number of amides is 1. The van der Waals surface area contributed by atoms with Crippen LogP contribution in [0.3, 0.4) is 0 Å². The summed E-state index contributed by atoms with van der Waals surface area (Å²) in [5.74, 6) is 1.80. The normalized spacial score (nSPS) is 11.6. The van der Waals surface area contributed by atoms with Gasteiger partial charge in [0.05, 0.1) is 24.8 Å². The van der Waals surface area contributed by atoms with Crippen molar-refractivity contribution in [3.8, 4) is 28.6 Å². The van der Waals surface area contributed by atoms with Gasteiger partial charge in [0.2, 0.25) is 5.95 Å². The first-order valence-corrected chi connectivity index (χ1v) is 9.17. The molecule has 3 aromatic rings. The van der Waals surface area contributed by atoms with E-state index in [1.54, 1.807) is 51.5 Å². The number of benzene rings is 2. The first-order valence-electron chi connectivity index (χ1n) is 8.79. The topological polar surface area (TPSA) is 98.4 Å². The van der Waals surface area contributed by atoms with E-state index < -0.39 is 12.0 Å². The van der Waals surface area contributed by atoms with Gasteiger partial charge in [-0.2, -0.15) is 4.98 Å². The van der Waals surface area contributed by atoms with Crippen LogP contribution in [-0.2, 0) is 4.79 Å². The van der Waals surface area contributed by atoms with Crippen molar-refractivity contribution in [2.45, 2.75) is 20.0 Å². The van der Waals surface area contributed by atoms with E-state index in [1.165, 1.54) is 0 Å². The van der Waals surface area contributed by atoms with Crippen molar-refractivity contribution in [1.82, 2.24) is 15.2 Å². The van der Waals surface area contributed by atoms with Crippen molar-refractivity contribution in [3.05, 3.63) is 47.0 Å². The maximum atomic E-state index is 12.5. The zero-order valence-corrected chi connectivity index (χ0v) is 17.2. The Labute approximate surface area is 173 Å². The highest BCUT2D eigenvalue weighted by Gasteiger charge is 2.19. The fourth-order valence-electron chi connectivity index (χ4n) is 2.59. The van der Waals surface area contributed by atoms with Crippen LogP contribution in [0.1, 0.15) is 12.5 Å². The lowest BCUT2D eigenvalue weighted by molar-refractivity contribution is -0.122. The summed E-state index contributed by atoms with van der Waals surface area (Å²) in [4.78, 5) is 16.8. The number of halogens is 1. The third-order valence-corrected chi connectivity index (χ3v) is 4.46. The number of carbonyl (C=O) groups is 1. The van der Waals surface area contributed by atoms with Gasteiger partial charge in [-0.1, -0.05) is 17.7 Å². The molecule has 152 valence electrons. The molecule has 0 radical (unpaired) electrons. The Kier molecular flexibility index (Phi) is 6.23. The molecule has 8 nitrogen and oxygen atoms in total. The van der Waals surface area contributed by atoms with E-state index in [2.05, 4.69) is 20.5 Å². The lowest BCUT2D eigenvalue weighted by Crippen LogP contribution is -2.30. The van der Waals surface area contributed by atoms with Gasteiger partial charge in [0.1, 0.15) is 17.2 Å². The molecule has 9 heteroatoms. The maximum absolute atomic E-state index is 12.5. The molecule has 0 saturated carbocycles. The molecule has 2 N–H and O–H groups in total. The molecule has 0 aliphatic rings. The minimum absolute atomic E-state index is 0.119. The van der Waals surface area contributed by atoms with Crippen LogP contribution in [0.4, 0.5) is 5.95 Å². The Bertz CT molecular complexity index is 1020. The molecular formula is C20H21ClN4O4. The Hall–Kier alpha value is -3.26. The molecule has 0 aliphatic heterocycles. The minimum atomic E-state index is -0.799. The average Bonchev–Trinajstić information content (AvgIpc) is 3.18. The van der Waals surface area contributed by atoms with Crippen LogP contribution in [-0.4, -0.2) is 41.4 Å². The second-order valence-corrected chi connectivity index (χ2v) is 6.66. The number of hydrogen-bond acceptors (Lipinski definition) is 6. The lowest BCUT2D eigenvalue weighted by Gasteiger charge is -2.15. The van der Waals surface area contributed by atoms with Gasteiger partial charge in [-0.25, -0.2) is 0 Å². The number of aromatic nitrogens is 3. The second-order valence-electron chi connectivity index (χ2n) is 6.26. The predicted octanol–water partition coefficient (Wildman–Crippen LogP) is 3.86. The summed E-state index contributed by atoms with van der Waals surface area (Å²) in [6.07, 6.45) is -0.799. The van der Waals surface area contributed by atoms with E-state index in [9.17, 15) is 4.79 Å². The summed E-state index contributed by atoms with van der Waals surface area (Å²) in [6.45, 7) is 3.53. The summed E-state index contributed by atoms with van der Waals surface area (Å²) in [6, 6.07) is 10.7. The van der Waals surface area contributed by atoms with Crippen LogP contribution < -0.4 is 19.5 Å². The van der Waals surface area contributed by atoms with Crippen LogP contribution in [0.2, 0.25) is 5.02 Å². The molecule has 1 atom stereocenters. The monoisotopic (exact) mass is 416 g/mol. The zero-order valence-electron chi connectivity index (χ0n) is 16.4. The van der Waals surface area contributed by atoms with Crippen LogP contribution in [0, 0.1) is 6.92 Å². The van der Waals surface area contributed by atoms with Crippen LogP contribution in [0.15, 0.2) is 36.4 Å². The fraction of sp³-hybridized carbons (Fsp3) is 0.250. The summed E-state index contributed by atoms with van der Waals surface area (Å²) in [5.41, 5.74) is 1.65. The minimum Gasteiger partial charge on any atom is -0.497 e. The summed E-state index contributed by atoms with van der Waals surface area (Å²) in [5, 5.41) is 9.87. The number of ether oxygens (including phenoxy) is 3. The number of rotatable bonds is 7. The second kappa shape index (κ2) is 8.83. The quantitative estimate of drug-likeness (QED) is 0.607. The molecule has 1 amide bonds. The summed E-state index contributed by atoms with van der Waals surface area (Å²) in [7, 11) is 3.12. The number of nitrogens with zero attached hydrogens (tertiary/aromatic N) is 2. The predicted molar refractivity (Wildman–Crippen MR) is 110 cm³/mol. The number of H-pyrrole nitrogens is 1. The van der Waals surface area contributed by atoms with Crippen molar-refractivity contribution in [1.29, 1.82) is 0 Å². The third-order valence-electron chi connectivity index (χ3n) is 4.14. The van der Waals surface area contributed by atoms with E-state index in [-0.39, 0.29) is 5.95 Å². The van der Waals surface area contributed by atoms with Gasteiger partial charge < -0.3 is 14.2 Å². The first kappa shape index (κ1) is 20.5. The lowest BCUT2D eigenvalue weighted by atomic mass is 10.2. The molecule has 3 rings (SSSR count). The highest BCUT2D eigenvalue weighted by molar-refractivity contribution is 6.32. The van der Waals surface area contributed by atoms with Crippen molar-refractivity contribution in [2.75, 3.05) is 19.5 Å². The Morgan fingerprint density at radius 3 is 2.66 bits per heavy atom. The fourth-order valence-corrected chi connectivity index (χ4v) is 2.75. The first-order chi connectivity index (χ1) is 13.9. The van der Waals surface area contributed by atoms with Crippen molar-refractivity contribution < 1.29 is 19.0 Å². The largest absolute Gasteiger partial charge is 0.497 e. The molecule has 0 saturated heterocycles. The molecule has 0 bridgehead atoms. The van der Waals surface area contributed by atoms with Crippen molar-refractivity contribution >= 4 is 23.5 Å². The molecule has 1 heterocycles. The van der Waals surface area contributed by atoms with E-state index in [1.807, 2.05) is 13.0 Å². The molecule has 0 fully saturated rings. The zero-order chi connectivity index (χ0) is 21.0. The van der Waals surface area contributed by atoms with E-state index in [0.717, 1.165) is 5.56 Å². The number of carbonyl (C=O) groups excluding carboxylic acids is 1. The van der Waals surface area contributed by atoms with Gasteiger partial charge in [-0.15, -0.1) is 5.10 Å². The summed E-state index contributed by atoms with van der Waals surface area (Å²) < 4.78 is 16.2. The van der Waals surface area contributed by atoms with Gasteiger partial charge in [0, 0.05) is 6.07 Å². The van der Waals surface area contributed by atoms with Gasteiger partial charge in [-0.3, -0.25) is 15.2 Å². The van der Waals surface area contributed by atoms with Crippen LogP contribution >= 0.6 is 11.6 Å². The standard InChI is InChI=1S/C20H21ClN4O4/c1-11-5-8-15(21)17(9-11)29-12(2)19(26)23-20-22-18(24-25-20)14-7-6-13(27-3)10-16(14)28-4/h5-10,12H,1-4H3,(H2,22,23,24,25,26). The van der Waals surface area contributed by atoms with E-state index >= 15 is 0 Å². The van der Waals surface area contributed by atoms with E-state index in [0.29, 0.717) is 33.7 Å². The number of nitrogens with one attached hydrogen (secondary N) is 2. The average molecular weight is 417 g/mol. The molecular weight excluding hydrogens is 396 g/mol. The van der Waals surface area contributed by atoms with Gasteiger partial charge >= 0.3 is 0 Å². The third kappa shape index (κ3) is 4.78. The van der Waals surface area contributed by atoms with Gasteiger partial charge in [0.15, 0.2) is 11.9 Å². The van der Waals surface area contributed by atoms with Crippen LogP contribution in [0.25, 0.3) is 11.4 Å². The molecule has 2 aromatic carbocycles. The molecule has 1 unspecified atom stereocenters.